The van der Waals surface area contributed by atoms with Crippen molar-refractivity contribution in [3.63, 3.8) is 0 Å². The minimum Gasteiger partial charge on any atom is -0.361 e. The van der Waals surface area contributed by atoms with Crippen LogP contribution < -0.4 is 16.3 Å². The Morgan fingerprint density at radius 2 is 1.72 bits per heavy atom. The SMILES string of the molecule is C[C@H](Nc1ncnc2[nH]ccc(=O)c12)c1c(Cl)c2cccc(-c3cnc(F)nc3)c2c(=O)n1-c1ccccc1. The third kappa shape index (κ3) is 4.20. The van der Waals surface area contributed by atoms with Crippen molar-refractivity contribution in [1.82, 2.24) is 29.5 Å². The van der Waals surface area contributed by atoms with E-state index >= 15 is 0 Å². The molecule has 2 aromatic carbocycles. The Morgan fingerprint density at radius 1 is 0.949 bits per heavy atom. The predicted octanol–water partition coefficient (Wildman–Crippen LogP) is 5.04. The van der Waals surface area contributed by atoms with E-state index in [1.807, 2.05) is 25.1 Å². The fraction of sp³-hybridized carbons (Fsp3) is 0.0714. The lowest BCUT2D eigenvalue weighted by atomic mass is 9.99. The van der Waals surface area contributed by atoms with Crippen LogP contribution in [0, 0.1) is 6.08 Å². The molecule has 0 spiro atoms. The Morgan fingerprint density at radius 3 is 2.49 bits per heavy atom. The number of H-pyrrole nitrogens is 1. The number of halogens is 2. The Kier molecular flexibility index (Phi) is 6.08. The first kappa shape index (κ1) is 24.4. The third-order valence-electron chi connectivity index (χ3n) is 6.44. The molecule has 0 aliphatic rings. The number of hydrogen-bond donors (Lipinski definition) is 2. The van der Waals surface area contributed by atoms with Gasteiger partial charge in [0, 0.05) is 41.3 Å². The summed E-state index contributed by atoms with van der Waals surface area (Å²) in [6, 6.07) is 15.2. The fourth-order valence-corrected chi connectivity index (χ4v) is 5.13. The number of aromatic nitrogens is 6. The van der Waals surface area contributed by atoms with Crippen LogP contribution in [0.2, 0.25) is 5.02 Å². The van der Waals surface area contributed by atoms with E-state index in [0.717, 1.165) is 0 Å². The van der Waals surface area contributed by atoms with Gasteiger partial charge in [-0.1, -0.05) is 48.0 Å². The van der Waals surface area contributed by atoms with Gasteiger partial charge in [0.25, 0.3) is 5.56 Å². The number of para-hydroxylation sites is 1. The fourth-order valence-electron chi connectivity index (χ4n) is 4.72. The minimum atomic E-state index is -0.864. The summed E-state index contributed by atoms with van der Waals surface area (Å²) in [6.45, 7) is 1.83. The van der Waals surface area contributed by atoms with Gasteiger partial charge < -0.3 is 10.3 Å². The predicted molar refractivity (Wildman–Crippen MR) is 148 cm³/mol. The number of fused-ring (bicyclic) bond motifs is 2. The molecule has 4 aromatic heterocycles. The number of pyridine rings is 2. The highest BCUT2D eigenvalue weighted by molar-refractivity contribution is 6.36. The van der Waals surface area contributed by atoms with Crippen LogP contribution in [-0.4, -0.2) is 29.5 Å². The molecule has 0 saturated carbocycles. The van der Waals surface area contributed by atoms with Crippen LogP contribution in [0.3, 0.4) is 0 Å². The van der Waals surface area contributed by atoms with Gasteiger partial charge in [-0.15, -0.1) is 0 Å². The van der Waals surface area contributed by atoms with Crippen LogP contribution in [-0.2, 0) is 0 Å². The summed E-state index contributed by atoms with van der Waals surface area (Å²) in [6.07, 6.45) is 4.65. The van der Waals surface area contributed by atoms with E-state index in [1.165, 1.54) is 35.6 Å². The van der Waals surface area contributed by atoms with Gasteiger partial charge in [-0.2, -0.15) is 4.39 Å². The molecule has 4 heterocycles. The maximum absolute atomic E-state index is 14.3. The van der Waals surface area contributed by atoms with E-state index in [4.69, 9.17) is 11.6 Å². The molecule has 2 N–H and O–H groups in total. The average Bonchev–Trinajstić information content (AvgIpc) is 2.95. The van der Waals surface area contributed by atoms with Crippen molar-refractivity contribution in [3.8, 4) is 16.8 Å². The molecule has 6 aromatic rings. The number of hydrogen-bond acceptors (Lipinski definition) is 7. The van der Waals surface area contributed by atoms with Crippen molar-refractivity contribution in [2.24, 2.45) is 0 Å². The molecule has 0 radical (unpaired) electrons. The standard InChI is InChI=1S/C28H19ClFN7O2/c1-15(36-26-22-20(38)10-11-31-25(22)34-14-35-26)24-23(29)19-9-5-8-18(16-12-32-28(30)33-13-16)21(19)27(39)37(24)17-6-3-2-4-7-17/h2-15H,1H3,(H2,31,34,35,36,38)/t15-/m0/s1. The zero-order chi connectivity index (χ0) is 27.1. The van der Waals surface area contributed by atoms with Gasteiger partial charge >= 0.3 is 6.08 Å². The molecule has 0 aliphatic heterocycles. The number of aromatic amines is 1. The normalized spacial score (nSPS) is 12.1. The van der Waals surface area contributed by atoms with E-state index in [-0.39, 0.29) is 16.4 Å². The van der Waals surface area contributed by atoms with E-state index in [2.05, 4.69) is 30.2 Å². The van der Waals surface area contributed by atoms with E-state index < -0.39 is 12.1 Å². The number of rotatable bonds is 5. The molecule has 0 saturated heterocycles. The van der Waals surface area contributed by atoms with Crippen LogP contribution >= 0.6 is 11.6 Å². The second-order valence-corrected chi connectivity index (χ2v) is 9.18. The summed E-state index contributed by atoms with van der Waals surface area (Å²) < 4.78 is 15.0. The topological polar surface area (TPSA) is 118 Å². The zero-order valence-corrected chi connectivity index (χ0v) is 21.1. The highest BCUT2D eigenvalue weighted by Crippen LogP contribution is 2.36. The van der Waals surface area contributed by atoms with Crippen LogP contribution in [0.25, 0.3) is 38.6 Å². The van der Waals surface area contributed by atoms with Gasteiger partial charge in [-0.25, -0.2) is 19.9 Å². The molecule has 1 atom stereocenters. The Balaban J connectivity index is 1.62. The minimum absolute atomic E-state index is 0.254. The Labute approximate surface area is 225 Å². The van der Waals surface area contributed by atoms with E-state index in [0.29, 0.717) is 49.8 Å². The summed E-state index contributed by atoms with van der Waals surface area (Å²) in [7, 11) is 0. The smallest absolute Gasteiger partial charge is 0.308 e. The quantitative estimate of drug-likeness (QED) is 0.294. The highest BCUT2D eigenvalue weighted by atomic mass is 35.5. The molecular formula is C28H19ClFN7O2. The zero-order valence-electron chi connectivity index (χ0n) is 20.4. The summed E-state index contributed by atoms with van der Waals surface area (Å²) in [5.74, 6) is 0.301. The molecule has 0 unspecified atom stereocenters. The van der Waals surface area contributed by atoms with Crippen LogP contribution in [0.5, 0.6) is 0 Å². The number of nitrogens with zero attached hydrogens (tertiary/aromatic N) is 5. The molecule has 0 aliphatic carbocycles. The largest absolute Gasteiger partial charge is 0.361 e. The van der Waals surface area contributed by atoms with Crippen molar-refractivity contribution in [3.05, 3.63) is 117 Å². The van der Waals surface area contributed by atoms with Crippen LogP contribution in [0.1, 0.15) is 18.7 Å². The molecule has 6 rings (SSSR count). The first-order chi connectivity index (χ1) is 18.9. The monoisotopic (exact) mass is 539 g/mol. The summed E-state index contributed by atoms with van der Waals surface area (Å²) in [5.41, 5.74) is 1.83. The molecule has 0 fully saturated rings. The Bertz CT molecular complexity index is 1970. The number of anilines is 1. The van der Waals surface area contributed by atoms with Gasteiger partial charge in [-0.3, -0.25) is 14.2 Å². The maximum Gasteiger partial charge on any atom is 0.308 e. The Hall–Kier alpha value is -4.96. The first-order valence-electron chi connectivity index (χ1n) is 11.9. The molecule has 9 nitrogen and oxygen atoms in total. The van der Waals surface area contributed by atoms with Gasteiger partial charge in [0.1, 0.15) is 23.2 Å². The van der Waals surface area contributed by atoms with Gasteiger partial charge in [0.2, 0.25) is 0 Å². The van der Waals surface area contributed by atoms with Crippen molar-refractivity contribution < 1.29 is 4.39 Å². The van der Waals surface area contributed by atoms with Crippen molar-refractivity contribution >= 4 is 39.2 Å². The third-order valence-corrected chi connectivity index (χ3v) is 6.84. The van der Waals surface area contributed by atoms with Crippen LogP contribution in [0.4, 0.5) is 10.2 Å². The highest BCUT2D eigenvalue weighted by Gasteiger charge is 2.24. The van der Waals surface area contributed by atoms with Gasteiger partial charge in [0.15, 0.2) is 5.43 Å². The molecule has 0 amide bonds. The van der Waals surface area contributed by atoms with Crippen molar-refractivity contribution in [2.75, 3.05) is 5.32 Å². The lowest BCUT2D eigenvalue weighted by Crippen LogP contribution is -2.27. The molecule has 192 valence electrons. The second kappa shape index (κ2) is 9.73. The van der Waals surface area contributed by atoms with Crippen LogP contribution in [0.15, 0.2) is 89.1 Å². The molecular weight excluding hydrogens is 521 g/mol. The molecule has 0 bridgehead atoms. The van der Waals surface area contributed by atoms with E-state index in [1.54, 1.807) is 30.3 Å². The van der Waals surface area contributed by atoms with Crippen molar-refractivity contribution in [1.29, 1.82) is 0 Å². The van der Waals surface area contributed by atoms with E-state index in [9.17, 15) is 14.0 Å². The summed E-state index contributed by atoms with van der Waals surface area (Å²) in [4.78, 5) is 45.6. The number of benzene rings is 2. The first-order valence-corrected chi connectivity index (χ1v) is 12.3. The van der Waals surface area contributed by atoms with Gasteiger partial charge in [-0.05, 0) is 24.6 Å². The lowest BCUT2D eigenvalue weighted by Gasteiger charge is -2.24. The average molecular weight is 540 g/mol. The molecule has 11 heteroatoms. The maximum atomic E-state index is 14.3. The number of nitrogens with one attached hydrogen (secondary N) is 2. The summed E-state index contributed by atoms with van der Waals surface area (Å²) in [5, 5.41) is 4.71. The molecule has 39 heavy (non-hydrogen) atoms. The van der Waals surface area contributed by atoms with Gasteiger partial charge in [0.05, 0.1) is 22.1 Å². The second-order valence-electron chi connectivity index (χ2n) is 8.80. The lowest BCUT2D eigenvalue weighted by molar-refractivity contribution is 0.539. The summed E-state index contributed by atoms with van der Waals surface area (Å²) >= 11 is 7.07. The van der Waals surface area contributed by atoms with Crippen molar-refractivity contribution in [2.45, 2.75) is 13.0 Å².